The molecule has 1 heterocycles. The van der Waals surface area contributed by atoms with Gasteiger partial charge < -0.3 is 15.5 Å². The molecule has 0 bridgehead atoms. The van der Waals surface area contributed by atoms with Gasteiger partial charge in [-0.1, -0.05) is 6.92 Å². The highest BCUT2D eigenvalue weighted by molar-refractivity contribution is 5.81. The van der Waals surface area contributed by atoms with Gasteiger partial charge in [0.2, 0.25) is 11.8 Å². The second kappa shape index (κ2) is 7.07. The molecule has 20 heavy (non-hydrogen) atoms. The van der Waals surface area contributed by atoms with E-state index in [4.69, 9.17) is 0 Å². The average Bonchev–Trinajstić information content (AvgIpc) is 3.29. The highest BCUT2D eigenvalue weighted by atomic mass is 16.2. The topological polar surface area (TPSA) is 61.4 Å². The summed E-state index contributed by atoms with van der Waals surface area (Å²) in [6, 6.07) is 0.600. The number of carbonyl (C=O) groups is 2. The van der Waals surface area contributed by atoms with Crippen molar-refractivity contribution in [3.8, 4) is 0 Å². The number of likely N-dealkylation sites (tertiary alicyclic amines) is 1. The molecular weight excluding hydrogens is 254 g/mol. The number of nitrogens with zero attached hydrogens (tertiary/aromatic N) is 1. The molecule has 2 fully saturated rings. The molecule has 114 valence electrons. The quantitative estimate of drug-likeness (QED) is 0.760. The van der Waals surface area contributed by atoms with Gasteiger partial charge in [0.1, 0.15) is 0 Å². The van der Waals surface area contributed by atoms with Crippen LogP contribution in [0, 0.1) is 5.92 Å². The Morgan fingerprint density at radius 2 is 1.85 bits per heavy atom. The van der Waals surface area contributed by atoms with Crippen LogP contribution in [0.4, 0.5) is 0 Å². The zero-order chi connectivity index (χ0) is 14.5. The Morgan fingerprint density at radius 3 is 2.40 bits per heavy atom. The Balaban J connectivity index is 1.63. The maximum absolute atomic E-state index is 11.9. The fourth-order valence-corrected chi connectivity index (χ4v) is 2.52. The van der Waals surface area contributed by atoms with Crippen LogP contribution in [0.25, 0.3) is 0 Å². The molecule has 1 atom stereocenters. The van der Waals surface area contributed by atoms with E-state index in [0.29, 0.717) is 24.4 Å². The van der Waals surface area contributed by atoms with E-state index >= 15 is 0 Å². The number of rotatable bonds is 6. The van der Waals surface area contributed by atoms with E-state index in [2.05, 4.69) is 24.5 Å². The molecule has 2 aliphatic rings. The van der Waals surface area contributed by atoms with Crippen molar-refractivity contribution < 1.29 is 9.59 Å². The summed E-state index contributed by atoms with van der Waals surface area (Å²) in [7, 11) is 0. The van der Waals surface area contributed by atoms with Gasteiger partial charge in [0.15, 0.2) is 0 Å². The molecular formula is C15H27N3O2. The standard InChI is InChI=1S/C15H27N3O2/c1-3-11(2)16-10-14(19)17-13-6-8-18(9-7-13)15(20)12-4-5-12/h11-13,16H,3-10H2,1-2H3,(H,17,19). The largest absolute Gasteiger partial charge is 0.352 e. The molecule has 1 unspecified atom stereocenters. The smallest absolute Gasteiger partial charge is 0.234 e. The summed E-state index contributed by atoms with van der Waals surface area (Å²) in [6.45, 7) is 6.14. The fraction of sp³-hybridized carbons (Fsp3) is 0.867. The normalized spacial score (nSPS) is 21.6. The van der Waals surface area contributed by atoms with Gasteiger partial charge in [0.25, 0.3) is 0 Å². The van der Waals surface area contributed by atoms with Gasteiger partial charge in [-0.15, -0.1) is 0 Å². The third-order valence-electron chi connectivity index (χ3n) is 4.32. The van der Waals surface area contributed by atoms with Gasteiger partial charge in [-0.25, -0.2) is 0 Å². The highest BCUT2D eigenvalue weighted by Crippen LogP contribution is 2.31. The molecule has 0 aromatic carbocycles. The van der Waals surface area contributed by atoms with Crippen molar-refractivity contribution in [2.75, 3.05) is 19.6 Å². The molecule has 1 aliphatic heterocycles. The van der Waals surface area contributed by atoms with Gasteiger partial charge in [-0.2, -0.15) is 0 Å². The van der Waals surface area contributed by atoms with E-state index < -0.39 is 0 Å². The summed E-state index contributed by atoms with van der Waals surface area (Å²) in [4.78, 5) is 25.7. The second-order valence-electron chi connectivity index (χ2n) is 6.13. The molecule has 2 amide bonds. The minimum Gasteiger partial charge on any atom is -0.352 e. The Hall–Kier alpha value is -1.10. The predicted octanol–water partition coefficient (Wildman–Crippen LogP) is 0.892. The van der Waals surface area contributed by atoms with Crippen LogP contribution in [0.5, 0.6) is 0 Å². The first-order valence-corrected chi connectivity index (χ1v) is 7.91. The summed E-state index contributed by atoms with van der Waals surface area (Å²) in [5, 5.41) is 6.26. The van der Waals surface area contributed by atoms with Crippen molar-refractivity contribution in [1.82, 2.24) is 15.5 Å². The Morgan fingerprint density at radius 1 is 1.20 bits per heavy atom. The molecule has 0 radical (unpaired) electrons. The number of piperidine rings is 1. The fourth-order valence-electron chi connectivity index (χ4n) is 2.52. The number of amides is 2. The molecule has 0 aromatic rings. The Labute approximate surface area is 121 Å². The van der Waals surface area contributed by atoms with Crippen LogP contribution < -0.4 is 10.6 Å². The van der Waals surface area contributed by atoms with Gasteiger partial charge in [-0.3, -0.25) is 9.59 Å². The van der Waals surface area contributed by atoms with E-state index in [-0.39, 0.29) is 11.9 Å². The number of hydrogen-bond donors (Lipinski definition) is 2. The van der Waals surface area contributed by atoms with Crippen molar-refractivity contribution in [3.63, 3.8) is 0 Å². The lowest BCUT2D eigenvalue weighted by atomic mass is 10.0. The van der Waals surface area contributed by atoms with Crippen molar-refractivity contribution in [2.45, 2.75) is 58.0 Å². The lowest BCUT2D eigenvalue weighted by Gasteiger charge is -2.32. The first-order valence-electron chi connectivity index (χ1n) is 7.91. The third kappa shape index (κ3) is 4.47. The van der Waals surface area contributed by atoms with Crippen LogP contribution in [0.1, 0.15) is 46.0 Å². The van der Waals surface area contributed by atoms with Crippen molar-refractivity contribution in [3.05, 3.63) is 0 Å². The molecule has 5 nitrogen and oxygen atoms in total. The minimum atomic E-state index is 0.0669. The summed E-state index contributed by atoms with van der Waals surface area (Å²) in [5.74, 6) is 0.700. The second-order valence-corrected chi connectivity index (χ2v) is 6.13. The first-order chi connectivity index (χ1) is 9.60. The van der Waals surface area contributed by atoms with Gasteiger partial charge in [-0.05, 0) is 39.0 Å². The molecule has 0 spiro atoms. The van der Waals surface area contributed by atoms with Crippen molar-refractivity contribution in [2.24, 2.45) is 5.92 Å². The van der Waals surface area contributed by atoms with Gasteiger partial charge >= 0.3 is 0 Å². The SMILES string of the molecule is CCC(C)NCC(=O)NC1CCN(C(=O)C2CC2)CC1. The summed E-state index contributed by atoms with van der Waals surface area (Å²) < 4.78 is 0. The van der Waals surface area contributed by atoms with E-state index in [1.807, 2.05) is 4.90 Å². The molecule has 1 saturated carbocycles. The molecule has 0 aromatic heterocycles. The van der Waals surface area contributed by atoms with Crippen molar-refractivity contribution in [1.29, 1.82) is 0 Å². The van der Waals surface area contributed by atoms with Gasteiger partial charge in [0, 0.05) is 31.1 Å². The maximum Gasteiger partial charge on any atom is 0.234 e. The van der Waals surface area contributed by atoms with E-state index in [0.717, 1.165) is 45.2 Å². The Kier molecular flexibility index (Phi) is 5.40. The van der Waals surface area contributed by atoms with Crippen LogP contribution in [0.2, 0.25) is 0 Å². The van der Waals surface area contributed by atoms with Crippen LogP contribution in [-0.2, 0) is 9.59 Å². The molecule has 2 N–H and O–H groups in total. The van der Waals surface area contributed by atoms with E-state index in [1.165, 1.54) is 0 Å². The van der Waals surface area contributed by atoms with Crippen molar-refractivity contribution >= 4 is 11.8 Å². The van der Waals surface area contributed by atoms with Crippen LogP contribution in [-0.4, -0.2) is 48.4 Å². The average molecular weight is 281 g/mol. The van der Waals surface area contributed by atoms with E-state index in [1.54, 1.807) is 0 Å². The zero-order valence-corrected chi connectivity index (χ0v) is 12.7. The third-order valence-corrected chi connectivity index (χ3v) is 4.32. The molecule has 5 heteroatoms. The summed E-state index contributed by atoms with van der Waals surface area (Å²) in [6.07, 6.45) is 4.92. The van der Waals surface area contributed by atoms with Gasteiger partial charge in [0.05, 0.1) is 6.54 Å². The number of carbonyl (C=O) groups excluding carboxylic acids is 2. The maximum atomic E-state index is 11.9. The van der Waals surface area contributed by atoms with E-state index in [9.17, 15) is 9.59 Å². The number of nitrogens with one attached hydrogen (secondary N) is 2. The summed E-state index contributed by atoms with van der Waals surface area (Å²) >= 11 is 0. The molecule has 2 rings (SSSR count). The van der Waals surface area contributed by atoms with Crippen LogP contribution >= 0.6 is 0 Å². The first kappa shape index (κ1) is 15.3. The molecule has 1 aliphatic carbocycles. The lowest BCUT2D eigenvalue weighted by molar-refractivity contribution is -0.133. The Bertz CT molecular complexity index is 347. The summed E-state index contributed by atoms with van der Waals surface area (Å²) in [5.41, 5.74) is 0. The predicted molar refractivity (Wildman–Crippen MR) is 78.2 cm³/mol. The number of hydrogen-bond acceptors (Lipinski definition) is 3. The van der Waals surface area contributed by atoms with Crippen LogP contribution in [0.3, 0.4) is 0 Å². The minimum absolute atomic E-state index is 0.0669. The zero-order valence-electron chi connectivity index (χ0n) is 12.7. The monoisotopic (exact) mass is 281 g/mol. The van der Waals surface area contributed by atoms with Crippen LogP contribution in [0.15, 0.2) is 0 Å². The lowest BCUT2D eigenvalue weighted by Crippen LogP contribution is -2.49. The highest BCUT2D eigenvalue weighted by Gasteiger charge is 2.34. The molecule has 1 saturated heterocycles.